The normalized spacial score (nSPS) is 14.9. The zero-order chi connectivity index (χ0) is 32.4. The Labute approximate surface area is 265 Å². The Morgan fingerprint density at radius 1 is 1.09 bits per heavy atom. The number of rotatable bonds is 12. The number of nitrogens with zero attached hydrogens (tertiary/aromatic N) is 1. The molecule has 1 atom stereocenters. The maximum Gasteiger partial charge on any atom is 0.250 e. The first-order chi connectivity index (χ1) is 21.4. The van der Waals surface area contributed by atoms with Gasteiger partial charge >= 0.3 is 0 Å². The smallest absolute Gasteiger partial charge is 0.250 e. The van der Waals surface area contributed by atoms with Crippen LogP contribution in [0.25, 0.3) is 10.8 Å². The van der Waals surface area contributed by atoms with Crippen LogP contribution >= 0.6 is 0 Å². The summed E-state index contributed by atoms with van der Waals surface area (Å²) in [6.45, 7) is 9.98. The number of carbonyl (C=O) groups is 1. The van der Waals surface area contributed by atoms with Crippen LogP contribution in [-0.4, -0.2) is 37.3 Å². The summed E-state index contributed by atoms with van der Waals surface area (Å²) in [5.41, 5.74) is 7.65. The summed E-state index contributed by atoms with van der Waals surface area (Å²) in [7, 11) is -3.49. The molecule has 1 aliphatic carbocycles. The molecular weight excluding hydrogens is 588 g/mol. The number of aromatic nitrogens is 1. The molecule has 1 aliphatic rings. The van der Waals surface area contributed by atoms with Crippen molar-refractivity contribution < 1.29 is 22.7 Å². The lowest BCUT2D eigenvalue weighted by molar-refractivity contribution is -0.125. The average molecular weight is 631 g/mol. The number of nitrogens with one attached hydrogen (secondary N) is 2. The predicted octanol–water partition coefficient (Wildman–Crippen LogP) is 6.28. The number of aryl methyl sites for hydroxylation is 1. The molecule has 5 rings (SSSR count). The van der Waals surface area contributed by atoms with Crippen LogP contribution in [0.2, 0.25) is 0 Å². The Morgan fingerprint density at radius 2 is 1.84 bits per heavy atom. The van der Waals surface area contributed by atoms with Crippen LogP contribution in [0.15, 0.2) is 71.8 Å². The van der Waals surface area contributed by atoms with E-state index in [2.05, 4.69) is 15.6 Å². The number of sulfone groups is 1. The van der Waals surface area contributed by atoms with Gasteiger partial charge in [0.1, 0.15) is 11.4 Å². The van der Waals surface area contributed by atoms with E-state index in [4.69, 9.17) is 15.2 Å². The fraction of sp³-hybridized carbons (Fsp3) is 0.371. The predicted molar refractivity (Wildman–Crippen MR) is 178 cm³/mol. The Balaban J connectivity index is 1.54. The number of nitrogens with two attached hydrogens (primary N) is 1. The number of carbonyl (C=O) groups excluding carboxylic acids is 1. The molecular formula is C35H42N4O5S. The van der Waals surface area contributed by atoms with Crippen molar-refractivity contribution in [1.82, 2.24) is 10.3 Å². The van der Waals surface area contributed by atoms with Gasteiger partial charge in [-0.05, 0) is 106 Å². The van der Waals surface area contributed by atoms with E-state index in [0.717, 1.165) is 28.4 Å². The van der Waals surface area contributed by atoms with Crippen LogP contribution in [0.5, 0.6) is 11.5 Å². The van der Waals surface area contributed by atoms with E-state index in [1.165, 1.54) is 0 Å². The molecule has 238 valence electrons. The molecule has 0 spiro atoms. The Bertz CT molecular complexity index is 1820. The number of amides is 1. The number of pyridine rings is 1. The third-order valence-electron chi connectivity index (χ3n) is 8.37. The maximum absolute atomic E-state index is 14.3. The molecule has 1 fully saturated rings. The number of fused-ring (bicyclic) bond motifs is 1. The molecule has 0 radical (unpaired) electrons. The highest BCUT2D eigenvalue weighted by atomic mass is 32.2. The van der Waals surface area contributed by atoms with Gasteiger partial charge in [0.25, 0.3) is 0 Å². The van der Waals surface area contributed by atoms with Crippen molar-refractivity contribution in [2.24, 2.45) is 0 Å². The van der Waals surface area contributed by atoms with Gasteiger partial charge in [-0.2, -0.15) is 0 Å². The van der Waals surface area contributed by atoms with Crippen molar-refractivity contribution in [2.75, 3.05) is 17.7 Å². The van der Waals surface area contributed by atoms with Crippen molar-refractivity contribution in [3.05, 3.63) is 83.6 Å². The maximum atomic E-state index is 14.3. The molecule has 4 aromatic rings. The van der Waals surface area contributed by atoms with Gasteiger partial charge in [0.2, 0.25) is 5.91 Å². The van der Waals surface area contributed by atoms with E-state index in [-0.39, 0.29) is 28.7 Å². The molecule has 1 aromatic heterocycles. The molecule has 10 heteroatoms. The van der Waals surface area contributed by atoms with Crippen LogP contribution in [0.3, 0.4) is 0 Å². The fourth-order valence-corrected chi connectivity index (χ4v) is 7.68. The number of ether oxygens (including phenoxy) is 2. The quantitative estimate of drug-likeness (QED) is 0.167. The van der Waals surface area contributed by atoms with E-state index >= 15 is 0 Å². The number of hydrogen-bond donors (Lipinski definition) is 3. The van der Waals surface area contributed by atoms with E-state index < -0.39 is 15.4 Å². The summed E-state index contributed by atoms with van der Waals surface area (Å²) in [5.74, 6) is 1.20. The van der Waals surface area contributed by atoms with Crippen molar-refractivity contribution in [3.8, 4) is 11.5 Å². The summed E-state index contributed by atoms with van der Waals surface area (Å²) in [6.07, 6.45) is 3.82. The molecule has 1 unspecified atom stereocenters. The van der Waals surface area contributed by atoms with Crippen LogP contribution in [0, 0.1) is 6.92 Å². The van der Waals surface area contributed by atoms with Crippen LogP contribution in [0.4, 0.5) is 11.5 Å². The largest absolute Gasteiger partial charge is 0.490 e. The second-order valence-electron chi connectivity index (χ2n) is 12.0. The van der Waals surface area contributed by atoms with E-state index in [1.54, 1.807) is 37.4 Å². The number of benzene rings is 3. The Kier molecular flexibility index (Phi) is 9.25. The van der Waals surface area contributed by atoms with Gasteiger partial charge in [-0.25, -0.2) is 13.4 Å². The SMILES string of the molecule is CCOc1cc(C(C)(Nc2cc3ccnc(N)c3cc2C)C(=O)NCc2ccccc2S(=O)(=O)C2CCC2)ccc1OC(C)C. The molecule has 1 heterocycles. The molecule has 0 aliphatic heterocycles. The van der Waals surface area contributed by atoms with Crippen molar-refractivity contribution in [2.45, 2.75) is 82.2 Å². The molecule has 1 amide bonds. The van der Waals surface area contributed by atoms with Crippen LogP contribution in [0.1, 0.15) is 63.6 Å². The number of nitrogen functional groups attached to an aromatic ring is 1. The Morgan fingerprint density at radius 3 is 2.53 bits per heavy atom. The summed E-state index contributed by atoms with van der Waals surface area (Å²) in [4.78, 5) is 18.8. The standard InChI is InChI=1S/C35H42N4O5S/c1-6-43-31-20-26(14-15-30(31)44-22(2)3)35(5,39-29-19-24-16-17-37-33(36)28(24)18-23(29)4)34(40)38-21-25-10-7-8-13-32(25)45(41,42)27-11-9-12-27/h7-8,10,13-20,22,27,39H,6,9,11-12,21H2,1-5H3,(H2,36,37)(H,38,40). The fourth-order valence-electron chi connectivity index (χ4n) is 5.59. The second-order valence-corrected chi connectivity index (χ2v) is 14.2. The van der Waals surface area contributed by atoms with E-state index in [9.17, 15) is 13.2 Å². The monoisotopic (exact) mass is 630 g/mol. The molecule has 0 saturated heterocycles. The van der Waals surface area contributed by atoms with E-state index in [1.807, 2.05) is 64.1 Å². The van der Waals surface area contributed by atoms with Gasteiger partial charge < -0.3 is 25.8 Å². The third-order valence-corrected chi connectivity index (χ3v) is 10.7. The number of anilines is 2. The second kappa shape index (κ2) is 13.0. The first-order valence-electron chi connectivity index (χ1n) is 15.4. The van der Waals surface area contributed by atoms with Gasteiger partial charge in [-0.3, -0.25) is 4.79 Å². The van der Waals surface area contributed by atoms with Gasteiger partial charge in [0.15, 0.2) is 21.3 Å². The van der Waals surface area contributed by atoms with Crippen molar-refractivity contribution in [3.63, 3.8) is 0 Å². The lowest BCUT2D eigenvalue weighted by Gasteiger charge is -2.33. The minimum absolute atomic E-state index is 0.0456. The third kappa shape index (κ3) is 6.56. The van der Waals surface area contributed by atoms with Gasteiger partial charge in [-0.1, -0.05) is 30.7 Å². The average Bonchev–Trinajstić information content (AvgIpc) is 2.96. The van der Waals surface area contributed by atoms with Crippen LogP contribution < -0.4 is 25.8 Å². The zero-order valence-corrected chi connectivity index (χ0v) is 27.3. The molecule has 4 N–H and O–H groups in total. The van der Waals surface area contributed by atoms with Gasteiger partial charge in [-0.15, -0.1) is 0 Å². The lowest BCUT2D eigenvalue weighted by Crippen LogP contribution is -2.48. The van der Waals surface area contributed by atoms with Crippen LogP contribution in [-0.2, 0) is 26.7 Å². The summed E-state index contributed by atoms with van der Waals surface area (Å²) in [6, 6.07) is 18.2. The highest BCUT2D eigenvalue weighted by molar-refractivity contribution is 7.92. The summed E-state index contributed by atoms with van der Waals surface area (Å²) in [5, 5.41) is 7.88. The summed E-state index contributed by atoms with van der Waals surface area (Å²) >= 11 is 0. The molecule has 0 bridgehead atoms. The zero-order valence-electron chi connectivity index (χ0n) is 26.5. The molecule has 9 nitrogen and oxygen atoms in total. The van der Waals surface area contributed by atoms with Gasteiger partial charge in [0.05, 0.1) is 22.9 Å². The van der Waals surface area contributed by atoms with E-state index in [0.29, 0.717) is 47.9 Å². The van der Waals surface area contributed by atoms with Crippen molar-refractivity contribution in [1.29, 1.82) is 0 Å². The molecule has 3 aromatic carbocycles. The van der Waals surface area contributed by atoms with Gasteiger partial charge in [0, 0.05) is 23.8 Å². The first-order valence-corrected chi connectivity index (χ1v) is 17.0. The highest BCUT2D eigenvalue weighted by Crippen LogP contribution is 2.38. The first kappa shape index (κ1) is 32.1. The molecule has 45 heavy (non-hydrogen) atoms. The lowest BCUT2D eigenvalue weighted by atomic mass is 9.89. The number of hydrogen-bond acceptors (Lipinski definition) is 8. The molecule has 1 saturated carbocycles. The highest BCUT2D eigenvalue weighted by Gasteiger charge is 2.38. The van der Waals surface area contributed by atoms with Crippen molar-refractivity contribution >= 4 is 38.0 Å². The minimum atomic E-state index is -3.49. The Hall–Kier alpha value is -4.31. The topological polar surface area (TPSA) is 133 Å². The minimum Gasteiger partial charge on any atom is -0.490 e. The summed E-state index contributed by atoms with van der Waals surface area (Å²) < 4.78 is 38.6.